The lowest BCUT2D eigenvalue weighted by atomic mass is 9.92. The molecular formula is C46H61F2N7O8. The summed E-state index contributed by atoms with van der Waals surface area (Å²) in [6.07, 6.45) is -0.582. The van der Waals surface area contributed by atoms with E-state index in [-0.39, 0.29) is 45.2 Å². The molecule has 0 saturated carbocycles. The van der Waals surface area contributed by atoms with Crippen LogP contribution in [0.5, 0.6) is 0 Å². The molecule has 2 aromatic carbocycles. The lowest BCUT2D eigenvalue weighted by Gasteiger charge is -2.32. The summed E-state index contributed by atoms with van der Waals surface area (Å²) < 4.78 is 41.0. The third-order valence-corrected chi connectivity index (χ3v) is 12.9. The minimum absolute atomic E-state index is 0.00739. The van der Waals surface area contributed by atoms with Crippen LogP contribution in [0, 0.1) is 11.6 Å². The Balaban J connectivity index is 1.41. The van der Waals surface area contributed by atoms with E-state index >= 15 is 0 Å². The summed E-state index contributed by atoms with van der Waals surface area (Å²) in [6.45, 7) is 10.3. The summed E-state index contributed by atoms with van der Waals surface area (Å²) in [5.74, 6) is -2.61. The van der Waals surface area contributed by atoms with Crippen molar-refractivity contribution in [3.8, 4) is 0 Å². The van der Waals surface area contributed by atoms with Gasteiger partial charge in [0, 0.05) is 62.4 Å². The molecule has 2 saturated heterocycles. The zero-order valence-electron chi connectivity index (χ0n) is 37.0. The van der Waals surface area contributed by atoms with E-state index in [0.717, 1.165) is 22.3 Å². The number of hydrogen-bond acceptors (Lipinski definition) is 10. The fourth-order valence-electron chi connectivity index (χ4n) is 9.14. The third kappa shape index (κ3) is 10.1. The van der Waals surface area contributed by atoms with Crippen LogP contribution >= 0.6 is 0 Å². The summed E-state index contributed by atoms with van der Waals surface area (Å²) in [7, 11) is 4.53. The normalized spacial score (nSPS) is 22.7. The van der Waals surface area contributed by atoms with E-state index in [0.29, 0.717) is 22.2 Å². The molecule has 3 aromatic rings. The molecule has 15 nitrogen and oxygen atoms in total. The number of halogens is 2. The molecule has 17 heteroatoms. The van der Waals surface area contributed by atoms with Crippen LogP contribution in [0.3, 0.4) is 0 Å². The second kappa shape index (κ2) is 20.1. The lowest BCUT2D eigenvalue weighted by Crippen LogP contribution is -2.58. The van der Waals surface area contributed by atoms with Crippen molar-refractivity contribution in [3.05, 3.63) is 83.2 Å². The Morgan fingerprint density at radius 3 is 1.94 bits per heavy atom. The van der Waals surface area contributed by atoms with Gasteiger partial charge in [0.15, 0.2) is 0 Å². The minimum Gasteiger partial charge on any atom is -0.391 e. The maximum Gasteiger partial charge on any atom is 0.248 e. The Bertz CT molecular complexity index is 2230. The number of aliphatic hydroxyl groups excluding tert-OH is 2. The van der Waals surface area contributed by atoms with E-state index < -0.39 is 95.9 Å². The van der Waals surface area contributed by atoms with E-state index in [1.165, 1.54) is 44.7 Å². The van der Waals surface area contributed by atoms with Crippen LogP contribution in [0.1, 0.15) is 69.3 Å². The molecule has 3 heterocycles. The average molecular weight is 878 g/mol. The summed E-state index contributed by atoms with van der Waals surface area (Å²) >= 11 is 0. The van der Waals surface area contributed by atoms with Gasteiger partial charge in [-0.2, -0.15) is 0 Å². The number of likely N-dealkylation sites (tertiary alicyclic amines) is 2. The number of hydrogen-bond donors (Lipinski definition) is 7. The van der Waals surface area contributed by atoms with Crippen LogP contribution in [0.2, 0.25) is 0 Å². The predicted octanol–water partition coefficient (Wildman–Crippen LogP) is 2.54. The SMILES string of the molecule is C=CN[C@@H](C)C(=O)N[C@H](C(=O)N1C[C@@H](O)C[C@H]1CC1=C(c2[nH]c3cc(F)ccc3c2C[C@@H]2C[C@H](O)CN2C(=O)[C@@H](NC(=O)[C@H](C)NC)[C@@H](C)OC)Cc2cc(F)ccc21)[C@@H](C)OC. The highest BCUT2D eigenvalue weighted by molar-refractivity contribution is 6.01. The van der Waals surface area contributed by atoms with Gasteiger partial charge in [0.1, 0.15) is 29.8 Å². The number of amides is 4. The number of carbonyl (C=O) groups excluding carboxylic acids is 4. The maximum atomic E-state index is 14.9. The largest absolute Gasteiger partial charge is 0.391 e. The summed E-state index contributed by atoms with van der Waals surface area (Å²) in [6, 6.07) is 4.41. The molecule has 6 rings (SSSR count). The van der Waals surface area contributed by atoms with Crippen LogP contribution in [0.25, 0.3) is 22.0 Å². The van der Waals surface area contributed by atoms with Crippen LogP contribution in [0.15, 0.2) is 49.2 Å². The number of aromatic amines is 1. The number of aliphatic hydroxyl groups is 2. The first-order valence-corrected chi connectivity index (χ1v) is 21.5. The van der Waals surface area contributed by atoms with Crippen molar-refractivity contribution in [1.82, 2.24) is 36.1 Å². The number of fused-ring (bicyclic) bond motifs is 2. The lowest BCUT2D eigenvalue weighted by molar-refractivity contribution is -0.141. The van der Waals surface area contributed by atoms with Gasteiger partial charge in [-0.3, -0.25) is 19.2 Å². The number of likely N-dealkylation sites (N-methyl/N-ethyl adjacent to an activating group) is 1. The number of allylic oxidation sites excluding steroid dienone is 1. The number of benzene rings is 2. The molecule has 7 N–H and O–H groups in total. The van der Waals surface area contributed by atoms with Crippen LogP contribution < -0.4 is 21.3 Å². The maximum absolute atomic E-state index is 14.9. The van der Waals surface area contributed by atoms with Crippen molar-refractivity contribution in [2.24, 2.45) is 0 Å². The molecule has 0 unspecified atom stereocenters. The highest BCUT2D eigenvalue weighted by Crippen LogP contribution is 2.45. The Morgan fingerprint density at radius 2 is 1.38 bits per heavy atom. The Kier molecular flexibility index (Phi) is 15.1. The quantitative estimate of drug-likeness (QED) is 0.0998. The zero-order chi connectivity index (χ0) is 45.9. The van der Waals surface area contributed by atoms with Gasteiger partial charge in [0.05, 0.1) is 30.5 Å². The summed E-state index contributed by atoms with van der Waals surface area (Å²) in [5, 5.41) is 34.2. The summed E-state index contributed by atoms with van der Waals surface area (Å²) in [4.78, 5) is 61.6. The summed E-state index contributed by atoms with van der Waals surface area (Å²) in [5.41, 5.74) is 4.87. The molecular weight excluding hydrogens is 817 g/mol. The molecule has 2 aliphatic heterocycles. The van der Waals surface area contributed by atoms with Crippen LogP contribution in [-0.2, 0) is 41.5 Å². The van der Waals surface area contributed by atoms with Crippen molar-refractivity contribution in [2.75, 3.05) is 34.4 Å². The smallest absolute Gasteiger partial charge is 0.248 e. The molecule has 3 aliphatic rings. The van der Waals surface area contributed by atoms with E-state index in [9.17, 15) is 38.2 Å². The Hall–Kier alpha value is -5.20. The van der Waals surface area contributed by atoms with E-state index in [1.54, 1.807) is 56.7 Å². The van der Waals surface area contributed by atoms with Crippen LogP contribution in [0.4, 0.5) is 8.78 Å². The molecule has 0 bridgehead atoms. The van der Waals surface area contributed by atoms with Crippen molar-refractivity contribution in [1.29, 1.82) is 0 Å². The average Bonchev–Trinajstić information content (AvgIpc) is 4.02. The Labute approximate surface area is 366 Å². The van der Waals surface area contributed by atoms with E-state index in [1.807, 2.05) is 0 Å². The molecule has 0 radical (unpaired) electrons. The van der Waals surface area contributed by atoms with Crippen molar-refractivity contribution >= 4 is 45.7 Å². The number of carbonyl (C=O) groups is 4. The topological polar surface area (TPSA) is 198 Å². The molecule has 1 aliphatic carbocycles. The molecule has 63 heavy (non-hydrogen) atoms. The van der Waals surface area contributed by atoms with Gasteiger partial charge in [-0.15, -0.1) is 0 Å². The fourth-order valence-corrected chi connectivity index (χ4v) is 9.14. The molecule has 10 atom stereocenters. The number of H-pyrrole nitrogens is 1. The number of methoxy groups -OCH3 is 2. The molecule has 342 valence electrons. The third-order valence-electron chi connectivity index (χ3n) is 12.9. The van der Waals surface area contributed by atoms with Gasteiger partial charge in [0.25, 0.3) is 0 Å². The van der Waals surface area contributed by atoms with Gasteiger partial charge in [0.2, 0.25) is 23.6 Å². The number of ether oxygens (including phenoxy) is 2. The molecule has 4 amide bonds. The number of nitrogens with one attached hydrogen (secondary N) is 5. The first kappa shape index (κ1) is 47.3. The van der Waals surface area contributed by atoms with Gasteiger partial charge >= 0.3 is 0 Å². The van der Waals surface area contributed by atoms with Crippen LogP contribution in [-0.4, -0.2) is 144 Å². The van der Waals surface area contributed by atoms with Gasteiger partial charge in [-0.1, -0.05) is 12.6 Å². The van der Waals surface area contributed by atoms with Gasteiger partial charge in [-0.25, -0.2) is 8.78 Å². The standard InChI is InChI=1S/C46H61F2N7O8/c1-9-50-24(3)44(59)53-41(26(5)63-8)46(61)54-21-32(56)17-30(54)19-36-34-12-10-28(47)14-27(34)15-37(36)42-38(35-13-11-29(48)16-39(35)51-42)20-31-18-33(57)22-55(31)45(60)40(25(4)62-7)52-43(58)23(2)49-6/h9-14,16,23-26,30-33,40-41,49-51,56-57H,1,15,17-22H2,2-8H3,(H,52,58)(H,53,59)/t23-,24-,25+,26+,30-,31-,32-,33-,40-,41-/m0/s1. The van der Waals surface area contributed by atoms with Gasteiger partial charge in [-0.05, 0) is 125 Å². The second-order valence-electron chi connectivity index (χ2n) is 17.0. The van der Waals surface area contributed by atoms with E-state index in [4.69, 9.17) is 9.47 Å². The van der Waals surface area contributed by atoms with E-state index in [2.05, 4.69) is 32.8 Å². The minimum atomic E-state index is -1.09. The first-order chi connectivity index (χ1) is 30.0. The predicted molar refractivity (Wildman–Crippen MR) is 234 cm³/mol. The zero-order valence-corrected chi connectivity index (χ0v) is 37.0. The Morgan fingerprint density at radius 1 is 0.841 bits per heavy atom. The highest BCUT2D eigenvalue weighted by Gasteiger charge is 2.43. The first-order valence-electron chi connectivity index (χ1n) is 21.5. The number of aromatic nitrogens is 1. The second-order valence-corrected chi connectivity index (χ2v) is 17.0. The molecule has 2 fully saturated rings. The number of β-amino-alcohol motifs (C(OH)–C–C–N with tert-alkyl or cyclic N) is 2. The van der Waals surface area contributed by atoms with Crippen molar-refractivity contribution < 1.29 is 47.6 Å². The monoisotopic (exact) mass is 877 g/mol. The highest BCUT2D eigenvalue weighted by atomic mass is 19.1. The van der Waals surface area contributed by atoms with Gasteiger partial charge < -0.3 is 55.7 Å². The van der Waals surface area contributed by atoms with Crippen molar-refractivity contribution in [2.45, 2.75) is 120 Å². The number of nitrogens with zero attached hydrogens (tertiary/aromatic N) is 2. The molecule has 1 aromatic heterocycles. The fraction of sp³-hybridized carbons (Fsp3) is 0.522. The molecule has 0 spiro atoms. The number of rotatable bonds is 18. The van der Waals surface area contributed by atoms with Crippen molar-refractivity contribution in [3.63, 3.8) is 0 Å².